The van der Waals surface area contributed by atoms with Gasteiger partial charge in [-0.15, -0.1) is 0 Å². The summed E-state index contributed by atoms with van der Waals surface area (Å²) in [6.45, 7) is 2.68. The van der Waals surface area contributed by atoms with Crippen LogP contribution in [0.1, 0.15) is 24.2 Å². The predicted molar refractivity (Wildman–Crippen MR) is 95.3 cm³/mol. The minimum atomic E-state index is -0.723. The molecule has 0 aliphatic heterocycles. The molecule has 2 aromatic rings. The highest BCUT2D eigenvalue weighted by atomic mass is 16.1. The van der Waals surface area contributed by atoms with Gasteiger partial charge < -0.3 is 10.3 Å². The SMILES string of the molecule is Cc1nccn1CCC(C(N)=O)(c1ccccc1)C1C=CC=CC1. The van der Waals surface area contributed by atoms with Crippen molar-refractivity contribution < 1.29 is 4.79 Å². The van der Waals surface area contributed by atoms with E-state index in [2.05, 4.69) is 21.7 Å². The van der Waals surface area contributed by atoms with Gasteiger partial charge in [-0.3, -0.25) is 4.79 Å². The van der Waals surface area contributed by atoms with Crippen molar-refractivity contribution in [3.8, 4) is 0 Å². The molecular weight excluding hydrogens is 298 g/mol. The number of imidazole rings is 1. The number of aromatic nitrogens is 2. The minimum absolute atomic E-state index is 0.0613. The Balaban J connectivity index is 2.01. The summed E-state index contributed by atoms with van der Waals surface area (Å²) in [7, 11) is 0. The van der Waals surface area contributed by atoms with Crippen LogP contribution in [-0.2, 0) is 16.8 Å². The summed E-state index contributed by atoms with van der Waals surface area (Å²) >= 11 is 0. The molecule has 0 bridgehead atoms. The van der Waals surface area contributed by atoms with Gasteiger partial charge in [0.1, 0.15) is 5.82 Å². The molecule has 3 rings (SSSR count). The molecule has 0 spiro atoms. The number of benzene rings is 1. The molecule has 4 nitrogen and oxygen atoms in total. The lowest BCUT2D eigenvalue weighted by molar-refractivity contribution is -0.125. The van der Waals surface area contributed by atoms with E-state index in [1.807, 2.05) is 55.6 Å². The average molecular weight is 321 g/mol. The zero-order valence-electron chi connectivity index (χ0n) is 13.9. The van der Waals surface area contributed by atoms with Gasteiger partial charge in [-0.05, 0) is 31.2 Å². The van der Waals surface area contributed by atoms with E-state index in [9.17, 15) is 4.79 Å². The molecule has 4 heteroatoms. The molecule has 24 heavy (non-hydrogen) atoms. The molecule has 124 valence electrons. The number of hydrogen-bond donors (Lipinski definition) is 1. The molecule has 2 N–H and O–H groups in total. The third kappa shape index (κ3) is 2.92. The number of hydrogen-bond acceptors (Lipinski definition) is 2. The molecule has 1 aliphatic carbocycles. The van der Waals surface area contributed by atoms with Gasteiger partial charge in [-0.1, -0.05) is 54.6 Å². The Kier molecular flexibility index (Phi) is 4.65. The van der Waals surface area contributed by atoms with Crippen molar-refractivity contribution in [3.05, 3.63) is 78.4 Å². The first-order chi connectivity index (χ1) is 11.6. The maximum absolute atomic E-state index is 12.7. The van der Waals surface area contributed by atoms with Gasteiger partial charge in [-0.25, -0.2) is 4.98 Å². The van der Waals surface area contributed by atoms with Gasteiger partial charge in [0.15, 0.2) is 0 Å². The van der Waals surface area contributed by atoms with Gasteiger partial charge in [0.2, 0.25) is 5.91 Å². The predicted octanol–water partition coefficient (Wildman–Crippen LogP) is 3.14. The maximum Gasteiger partial charge on any atom is 0.228 e. The third-order valence-corrected chi connectivity index (χ3v) is 5.01. The highest BCUT2D eigenvalue weighted by Gasteiger charge is 2.44. The molecule has 1 amide bonds. The zero-order chi connectivity index (χ0) is 17.0. The Bertz CT molecular complexity index is 760. The lowest BCUT2D eigenvalue weighted by Gasteiger charge is -2.38. The molecule has 1 heterocycles. The van der Waals surface area contributed by atoms with Crippen LogP contribution < -0.4 is 5.73 Å². The molecule has 2 unspecified atom stereocenters. The van der Waals surface area contributed by atoms with Crippen molar-refractivity contribution in [1.82, 2.24) is 9.55 Å². The number of carbonyl (C=O) groups excluding carboxylic acids is 1. The molecule has 0 fully saturated rings. The smallest absolute Gasteiger partial charge is 0.228 e. The largest absolute Gasteiger partial charge is 0.369 e. The highest BCUT2D eigenvalue weighted by Crippen LogP contribution is 2.40. The summed E-state index contributed by atoms with van der Waals surface area (Å²) in [6.07, 6.45) is 13.4. The van der Waals surface area contributed by atoms with Crippen LogP contribution >= 0.6 is 0 Å². The summed E-state index contributed by atoms with van der Waals surface area (Å²) in [4.78, 5) is 17.0. The fourth-order valence-electron chi connectivity index (χ4n) is 3.61. The Labute approximate surface area is 142 Å². The van der Waals surface area contributed by atoms with E-state index >= 15 is 0 Å². The van der Waals surface area contributed by atoms with Crippen LogP contribution in [0, 0.1) is 12.8 Å². The number of allylic oxidation sites excluding steroid dienone is 4. The van der Waals surface area contributed by atoms with Crippen LogP contribution in [0.3, 0.4) is 0 Å². The van der Waals surface area contributed by atoms with Crippen molar-refractivity contribution in [2.45, 2.75) is 31.7 Å². The number of nitrogens with two attached hydrogens (primary N) is 1. The van der Waals surface area contributed by atoms with Crippen molar-refractivity contribution in [1.29, 1.82) is 0 Å². The van der Waals surface area contributed by atoms with E-state index in [0.29, 0.717) is 13.0 Å². The van der Waals surface area contributed by atoms with Crippen LogP contribution in [0.5, 0.6) is 0 Å². The quantitative estimate of drug-likeness (QED) is 0.888. The van der Waals surface area contributed by atoms with E-state index in [1.165, 1.54) is 0 Å². The number of nitrogens with zero attached hydrogens (tertiary/aromatic N) is 2. The van der Waals surface area contributed by atoms with Crippen LogP contribution in [0.25, 0.3) is 0 Å². The van der Waals surface area contributed by atoms with E-state index in [1.54, 1.807) is 6.20 Å². The van der Waals surface area contributed by atoms with Crippen molar-refractivity contribution >= 4 is 5.91 Å². The van der Waals surface area contributed by atoms with Crippen molar-refractivity contribution in [2.75, 3.05) is 0 Å². The Hall–Kier alpha value is -2.62. The van der Waals surface area contributed by atoms with Crippen LogP contribution in [-0.4, -0.2) is 15.5 Å². The maximum atomic E-state index is 12.7. The van der Waals surface area contributed by atoms with Crippen LogP contribution in [0.2, 0.25) is 0 Å². The lowest BCUT2D eigenvalue weighted by Crippen LogP contribution is -2.47. The van der Waals surface area contributed by atoms with E-state index in [-0.39, 0.29) is 11.8 Å². The van der Waals surface area contributed by atoms with E-state index < -0.39 is 5.41 Å². The molecule has 2 atom stereocenters. The average Bonchev–Trinajstić information content (AvgIpc) is 3.02. The Morgan fingerprint density at radius 3 is 2.71 bits per heavy atom. The summed E-state index contributed by atoms with van der Waals surface area (Å²) in [5.41, 5.74) is 6.25. The molecule has 1 aromatic carbocycles. The standard InChI is InChI=1S/C20H23N3O/c1-16-22-13-15-23(16)14-12-20(19(21)24,17-8-4-2-5-9-17)18-10-6-3-7-11-18/h2-10,13,15,18H,11-12,14H2,1H3,(H2,21,24). The molecule has 0 radical (unpaired) electrons. The number of rotatable bonds is 6. The molecular formula is C20H23N3O. The first-order valence-corrected chi connectivity index (χ1v) is 8.31. The van der Waals surface area contributed by atoms with Gasteiger partial charge >= 0.3 is 0 Å². The van der Waals surface area contributed by atoms with Gasteiger partial charge in [0.25, 0.3) is 0 Å². The number of primary amides is 1. The summed E-state index contributed by atoms with van der Waals surface area (Å²) in [5.74, 6) is 0.739. The monoisotopic (exact) mass is 321 g/mol. The fraction of sp³-hybridized carbons (Fsp3) is 0.300. The second-order valence-electron chi connectivity index (χ2n) is 6.27. The zero-order valence-corrected chi connectivity index (χ0v) is 13.9. The molecule has 0 saturated carbocycles. The number of aryl methyl sites for hydroxylation is 2. The minimum Gasteiger partial charge on any atom is -0.369 e. The highest BCUT2D eigenvalue weighted by molar-refractivity contribution is 5.87. The van der Waals surface area contributed by atoms with E-state index in [4.69, 9.17) is 5.73 Å². The Morgan fingerprint density at radius 2 is 2.12 bits per heavy atom. The van der Waals surface area contributed by atoms with Crippen LogP contribution in [0.4, 0.5) is 0 Å². The van der Waals surface area contributed by atoms with Crippen molar-refractivity contribution in [2.24, 2.45) is 11.7 Å². The fourth-order valence-corrected chi connectivity index (χ4v) is 3.61. The van der Waals surface area contributed by atoms with Gasteiger partial charge in [0, 0.05) is 18.9 Å². The number of carbonyl (C=O) groups is 1. The first kappa shape index (κ1) is 16.2. The van der Waals surface area contributed by atoms with Crippen molar-refractivity contribution in [3.63, 3.8) is 0 Å². The molecule has 1 aliphatic rings. The van der Waals surface area contributed by atoms with E-state index in [0.717, 1.165) is 17.8 Å². The summed E-state index contributed by atoms with van der Waals surface area (Å²) in [5, 5.41) is 0. The lowest BCUT2D eigenvalue weighted by atomic mass is 9.65. The summed E-state index contributed by atoms with van der Waals surface area (Å²) < 4.78 is 2.07. The second-order valence-corrected chi connectivity index (χ2v) is 6.27. The second kappa shape index (κ2) is 6.87. The van der Waals surface area contributed by atoms with Crippen LogP contribution in [0.15, 0.2) is 67.0 Å². The number of amides is 1. The third-order valence-electron chi connectivity index (χ3n) is 5.01. The summed E-state index contributed by atoms with van der Waals surface area (Å²) in [6, 6.07) is 9.93. The van der Waals surface area contributed by atoms with Gasteiger partial charge in [-0.2, -0.15) is 0 Å². The molecule has 1 aromatic heterocycles. The first-order valence-electron chi connectivity index (χ1n) is 8.31. The Morgan fingerprint density at radius 1 is 1.33 bits per heavy atom. The van der Waals surface area contributed by atoms with Gasteiger partial charge in [0.05, 0.1) is 5.41 Å². The molecule has 0 saturated heterocycles. The topological polar surface area (TPSA) is 60.9 Å². The normalized spacial score (nSPS) is 19.1.